The van der Waals surface area contributed by atoms with E-state index < -0.39 is 0 Å². The van der Waals surface area contributed by atoms with Crippen LogP contribution >= 0.6 is 0 Å². The van der Waals surface area contributed by atoms with E-state index in [9.17, 15) is 4.79 Å². The summed E-state index contributed by atoms with van der Waals surface area (Å²) in [6.07, 6.45) is 9.11. The van der Waals surface area contributed by atoms with Gasteiger partial charge in [-0.3, -0.25) is 4.79 Å². The number of piperidine rings is 1. The number of benzene rings is 1. The van der Waals surface area contributed by atoms with Gasteiger partial charge >= 0.3 is 0 Å². The summed E-state index contributed by atoms with van der Waals surface area (Å²) in [4.78, 5) is 12.2. The molecule has 2 aliphatic rings. The van der Waals surface area contributed by atoms with Crippen LogP contribution in [-0.4, -0.2) is 25.5 Å². The van der Waals surface area contributed by atoms with Crippen molar-refractivity contribution in [1.29, 1.82) is 0 Å². The lowest BCUT2D eigenvalue weighted by Gasteiger charge is -2.42. The smallest absolute Gasteiger partial charge is 0.220 e. The summed E-state index contributed by atoms with van der Waals surface area (Å²) in [5.41, 5.74) is 1.71. The number of nitrogens with one attached hydrogen (secondary N) is 2. The molecule has 1 heterocycles. The topological polar surface area (TPSA) is 41.1 Å². The normalized spacial score (nSPS) is 20.7. The molecule has 3 rings (SSSR count). The minimum atomic E-state index is 0.253. The Labute approximate surface area is 140 Å². The van der Waals surface area contributed by atoms with Crippen molar-refractivity contribution in [2.24, 2.45) is 11.3 Å². The highest BCUT2D eigenvalue weighted by molar-refractivity contribution is 5.75. The van der Waals surface area contributed by atoms with E-state index >= 15 is 0 Å². The molecular formula is C20H30N2O. The van der Waals surface area contributed by atoms with E-state index in [2.05, 4.69) is 41.0 Å². The first-order valence-corrected chi connectivity index (χ1v) is 9.27. The van der Waals surface area contributed by atoms with E-state index in [1.54, 1.807) is 0 Å². The number of hydrogen-bond acceptors (Lipinski definition) is 2. The molecule has 0 aromatic heterocycles. The van der Waals surface area contributed by atoms with Gasteiger partial charge in [-0.15, -0.1) is 0 Å². The van der Waals surface area contributed by atoms with Crippen molar-refractivity contribution >= 4 is 5.91 Å². The van der Waals surface area contributed by atoms with Crippen LogP contribution in [0.15, 0.2) is 30.3 Å². The first-order valence-electron chi connectivity index (χ1n) is 9.27. The zero-order valence-electron chi connectivity index (χ0n) is 14.2. The fourth-order valence-electron chi connectivity index (χ4n) is 4.00. The SMILES string of the molecule is O=C(CCC1CCNCC1)NCC1(Cc2ccccc2)CCC1. The van der Waals surface area contributed by atoms with Crippen LogP contribution in [0.4, 0.5) is 0 Å². The van der Waals surface area contributed by atoms with Crippen molar-refractivity contribution < 1.29 is 4.79 Å². The monoisotopic (exact) mass is 314 g/mol. The summed E-state index contributed by atoms with van der Waals surface area (Å²) >= 11 is 0. The molecule has 3 nitrogen and oxygen atoms in total. The Morgan fingerprint density at radius 3 is 2.57 bits per heavy atom. The predicted octanol–water partition coefficient (Wildman–Crippen LogP) is 3.30. The fraction of sp³-hybridized carbons (Fsp3) is 0.650. The summed E-state index contributed by atoms with van der Waals surface area (Å²) in [6, 6.07) is 10.7. The lowest BCUT2D eigenvalue weighted by atomic mass is 9.65. The van der Waals surface area contributed by atoms with Gasteiger partial charge in [0, 0.05) is 13.0 Å². The molecule has 0 unspecified atom stereocenters. The van der Waals surface area contributed by atoms with E-state index in [1.165, 1.54) is 37.7 Å². The van der Waals surface area contributed by atoms with Gasteiger partial charge in [-0.2, -0.15) is 0 Å². The Hall–Kier alpha value is -1.35. The van der Waals surface area contributed by atoms with Crippen LogP contribution in [-0.2, 0) is 11.2 Å². The van der Waals surface area contributed by atoms with Gasteiger partial charge in [-0.1, -0.05) is 36.8 Å². The summed E-state index contributed by atoms with van der Waals surface area (Å²) in [5, 5.41) is 6.62. The third-order valence-electron chi connectivity index (χ3n) is 5.74. The molecule has 2 N–H and O–H groups in total. The van der Waals surface area contributed by atoms with Crippen LogP contribution in [0.3, 0.4) is 0 Å². The number of rotatable bonds is 7. The van der Waals surface area contributed by atoms with E-state index in [0.29, 0.717) is 11.8 Å². The van der Waals surface area contributed by atoms with E-state index in [1.807, 2.05) is 0 Å². The second-order valence-corrected chi connectivity index (χ2v) is 7.52. The third-order valence-corrected chi connectivity index (χ3v) is 5.74. The van der Waals surface area contributed by atoms with Crippen LogP contribution in [0.2, 0.25) is 0 Å². The Kier molecular flexibility index (Phi) is 5.71. The maximum absolute atomic E-state index is 12.2. The Balaban J connectivity index is 1.41. The molecule has 1 saturated heterocycles. The second-order valence-electron chi connectivity index (χ2n) is 7.52. The number of hydrogen-bond donors (Lipinski definition) is 2. The molecular weight excluding hydrogens is 284 g/mol. The Morgan fingerprint density at radius 2 is 1.91 bits per heavy atom. The van der Waals surface area contributed by atoms with Gasteiger partial charge < -0.3 is 10.6 Å². The molecule has 0 radical (unpaired) electrons. The van der Waals surface area contributed by atoms with Gasteiger partial charge in [0.05, 0.1) is 0 Å². The minimum Gasteiger partial charge on any atom is -0.356 e. The molecule has 1 aliphatic heterocycles. The largest absolute Gasteiger partial charge is 0.356 e. The first kappa shape index (κ1) is 16.5. The van der Waals surface area contributed by atoms with Gasteiger partial charge in [-0.05, 0) is 68.5 Å². The van der Waals surface area contributed by atoms with Crippen molar-refractivity contribution in [1.82, 2.24) is 10.6 Å². The average Bonchev–Trinajstić information content (AvgIpc) is 2.57. The van der Waals surface area contributed by atoms with Crippen LogP contribution < -0.4 is 10.6 Å². The van der Waals surface area contributed by atoms with Crippen molar-refractivity contribution in [3.05, 3.63) is 35.9 Å². The van der Waals surface area contributed by atoms with Gasteiger partial charge in [0.15, 0.2) is 0 Å². The Morgan fingerprint density at radius 1 is 1.17 bits per heavy atom. The zero-order chi connectivity index (χ0) is 16.0. The van der Waals surface area contributed by atoms with Crippen molar-refractivity contribution in [2.75, 3.05) is 19.6 Å². The molecule has 1 aromatic rings. The Bertz CT molecular complexity index is 490. The molecule has 1 aliphatic carbocycles. The predicted molar refractivity (Wildman–Crippen MR) is 94.3 cm³/mol. The maximum atomic E-state index is 12.2. The van der Waals surface area contributed by atoms with Crippen molar-refractivity contribution in [3.63, 3.8) is 0 Å². The standard InChI is InChI=1S/C20H30N2O/c23-19(8-7-17-9-13-21-14-10-17)22-16-20(11-4-12-20)15-18-5-2-1-3-6-18/h1-3,5-6,17,21H,4,7-16H2,(H,22,23). The van der Waals surface area contributed by atoms with Gasteiger partial charge in [-0.25, -0.2) is 0 Å². The maximum Gasteiger partial charge on any atom is 0.220 e. The molecule has 2 fully saturated rings. The minimum absolute atomic E-state index is 0.253. The highest BCUT2D eigenvalue weighted by Gasteiger charge is 2.37. The van der Waals surface area contributed by atoms with Crippen LogP contribution in [0, 0.1) is 11.3 Å². The van der Waals surface area contributed by atoms with Gasteiger partial charge in [0.25, 0.3) is 0 Å². The van der Waals surface area contributed by atoms with Crippen LogP contribution in [0.25, 0.3) is 0 Å². The first-order chi connectivity index (χ1) is 11.3. The van der Waals surface area contributed by atoms with Crippen molar-refractivity contribution in [2.45, 2.75) is 51.4 Å². The number of carbonyl (C=O) groups excluding carboxylic acids is 1. The van der Waals surface area contributed by atoms with Crippen LogP contribution in [0.5, 0.6) is 0 Å². The molecule has 0 spiro atoms. The van der Waals surface area contributed by atoms with E-state index in [-0.39, 0.29) is 5.91 Å². The summed E-state index contributed by atoms with van der Waals surface area (Å²) in [6.45, 7) is 3.09. The highest BCUT2D eigenvalue weighted by atomic mass is 16.1. The lowest BCUT2D eigenvalue weighted by Crippen LogP contribution is -2.43. The molecule has 1 amide bonds. The van der Waals surface area contributed by atoms with E-state index in [4.69, 9.17) is 0 Å². The molecule has 1 saturated carbocycles. The van der Waals surface area contributed by atoms with Crippen molar-refractivity contribution in [3.8, 4) is 0 Å². The fourth-order valence-corrected chi connectivity index (χ4v) is 4.00. The third kappa shape index (κ3) is 4.81. The molecule has 0 bridgehead atoms. The molecule has 126 valence electrons. The summed E-state index contributed by atoms with van der Waals surface area (Å²) < 4.78 is 0. The van der Waals surface area contributed by atoms with Gasteiger partial charge in [0.2, 0.25) is 5.91 Å². The zero-order valence-corrected chi connectivity index (χ0v) is 14.2. The van der Waals surface area contributed by atoms with E-state index in [0.717, 1.165) is 38.4 Å². The highest BCUT2D eigenvalue weighted by Crippen LogP contribution is 2.43. The molecule has 1 aromatic carbocycles. The number of amides is 1. The van der Waals surface area contributed by atoms with Crippen LogP contribution in [0.1, 0.15) is 50.5 Å². The lowest BCUT2D eigenvalue weighted by molar-refractivity contribution is -0.122. The average molecular weight is 314 g/mol. The van der Waals surface area contributed by atoms with Gasteiger partial charge in [0.1, 0.15) is 0 Å². The molecule has 3 heteroatoms. The second kappa shape index (κ2) is 7.96. The number of carbonyl (C=O) groups is 1. The summed E-state index contributed by atoms with van der Waals surface area (Å²) in [5.74, 6) is 0.992. The summed E-state index contributed by atoms with van der Waals surface area (Å²) in [7, 11) is 0. The molecule has 0 atom stereocenters. The molecule has 23 heavy (non-hydrogen) atoms. The quantitative estimate of drug-likeness (QED) is 0.811.